The zero-order chi connectivity index (χ0) is 15.4. The van der Waals surface area contributed by atoms with E-state index in [9.17, 15) is 9.59 Å². The van der Waals surface area contributed by atoms with Crippen LogP contribution in [-0.2, 0) is 14.3 Å². The van der Waals surface area contributed by atoms with Gasteiger partial charge in [-0.25, -0.2) is 4.79 Å². The molecule has 1 amide bonds. The van der Waals surface area contributed by atoms with Crippen molar-refractivity contribution in [2.24, 2.45) is 0 Å². The van der Waals surface area contributed by atoms with Crippen molar-refractivity contribution in [3.63, 3.8) is 0 Å². The summed E-state index contributed by atoms with van der Waals surface area (Å²) in [4.78, 5) is 23.4. The molecule has 0 heterocycles. The molecular formula is C17H17NO3. The minimum absolute atomic E-state index is 0.204. The summed E-state index contributed by atoms with van der Waals surface area (Å²) in [5.41, 5.74) is 1.38. The van der Waals surface area contributed by atoms with Crippen LogP contribution in [0.25, 0.3) is 16.3 Å². The molecule has 0 aliphatic rings. The molecule has 0 spiro atoms. The highest BCUT2D eigenvalue weighted by Crippen LogP contribution is 2.32. The zero-order valence-corrected chi connectivity index (χ0v) is 12.1. The molecule has 0 saturated carbocycles. The summed E-state index contributed by atoms with van der Waals surface area (Å²) in [7, 11) is 0. The lowest BCUT2D eigenvalue weighted by atomic mass is 9.99. The molecule has 0 aliphatic heterocycles. The summed E-state index contributed by atoms with van der Waals surface area (Å²) in [6, 6.07) is 11.3. The molecule has 0 aliphatic carbocycles. The number of benzene rings is 2. The summed E-state index contributed by atoms with van der Waals surface area (Å²) in [6.45, 7) is 7.24. The number of anilines is 1. The summed E-state index contributed by atoms with van der Waals surface area (Å²) < 4.78 is 4.98. The number of esters is 1. The average Bonchev–Trinajstić information content (AvgIpc) is 2.46. The molecule has 0 aromatic heterocycles. The maximum Gasteiger partial charge on any atom is 0.338 e. The highest BCUT2D eigenvalue weighted by molar-refractivity contribution is 6.20. The number of fused-ring (bicyclic) bond motifs is 1. The lowest BCUT2D eigenvalue weighted by Gasteiger charge is -2.14. The fourth-order valence-corrected chi connectivity index (χ4v) is 2.16. The predicted molar refractivity (Wildman–Crippen MR) is 83.9 cm³/mol. The van der Waals surface area contributed by atoms with Crippen molar-refractivity contribution in [2.75, 3.05) is 11.9 Å². The molecule has 0 bridgehead atoms. The summed E-state index contributed by atoms with van der Waals surface area (Å²) >= 11 is 0. The van der Waals surface area contributed by atoms with Crippen molar-refractivity contribution in [2.45, 2.75) is 13.8 Å². The Bertz CT molecular complexity index is 719. The van der Waals surface area contributed by atoms with Crippen LogP contribution in [0.4, 0.5) is 5.69 Å². The van der Waals surface area contributed by atoms with Gasteiger partial charge in [0.05, 0.1) is 17.9 Å². The minimum Gasteiger partial charge on any atom is -0.462 e. The Morgan fingerprint density at radius 3 is 2.57 bits per heavy atom. The first-order chi connectivity index (χ1) is 10.0. The van der Waals surface area contributed by atoms with Crippen molar-refractivity contribution in [3.8, 4) is 0 Å². The Hall–Kier alpha value is -2.62. The van der Waals surface area contributed by atoms with Gasteiger partial charge in [0.2, 0.25) is 5.91 Å². The summed E-state index contributed by atoms with van der Waals surface area (Å²) in [5.74, 6) is -0.691. The van der Waals surface area contributed by atoms with Gasteiger partial charge in [0.15, 0.2) is 0 Å². The standard InChI is InChI=1S/C17H17NO3/c1-4-21-17(20)11(2)14-10-9-13-7-5-6-8-15(13)16(14)18-12(3)19/h5-10H,2,4H2,1,3H3,(H,18,19). The van der Waals surface area contributed by atoms with Gasteiger partial charge in [-0.1, -0.05) is 43.0 Å². The van der Waals surface area contributed by atoms with Crippen LogP contribution >= 0.6 is 0 Å². The second-order valence-electron chi connectivity index (χ2n) is 4.59. The lowest BCUT2D eigenvalue weighted by molar-refractivity contribution is -0.136. The van der Waals surface area contributed by atoms with Crippen LogP contribution in [0.2, 0.25) is 0 Å². The molecule has 2 aromatic carbocycles. The van der Waals surface area contributed by atoms with Crippen LogP contribution in [0, 0.1) is 0 Å². The summed E-state index contributed by atoms with van der Waals surface area (Å²) in [5, 5.41) is 4.62. The van der Waals surface area contributed by atoms with Crippen LogP contribution in [0.1, 0.15) is 19.4 Å². The van der Waals surface area contributed by atoms with E-state index in [2.05, 4.69) is 11.9 Å². The first kappa shape index (κ1) is 14.8. The van der Waals surface area contributed by atoms with E-state index in [4.69, 9.17) is 4.74 Å². The van der Waals surface area contributed by atoms with Gasteiger partial charge in [0, 0.05) is 17.9 Å². The summed E-state index contributed by atoms with van der Waals surface area (Å²) in [6.07, 6.45) is 0. The van der Waals surface area contributed by atoms with Crippen LogP contribution in [-0.4, -0.2) is 18.5 Å². The molecule has 2 aromatic rings. The molecular weight excluding hydrogens is 266 g/mol. The number of hydrogen-bond donors (Lipinski definition) is 1. The molecule has 0 fully saturated rings. The third-order valence-electron chi connectivity index (χ3n) is 3.08. The fourth-order valence-electron chi connectivity index (χ4n) is 2.16. The van der Waals surface area contributed by atoms with Crippen molar-refractivity contribution < 1.29 is 14.3 Å². The average molecular weight is 283 g/mol. The second kappa shape index (κ2) is 6.22. The highest BCUT2D eigenvalue weighted by Gasteiger charge is 2.17. The molecule has 4 nitrogen and oxygen atoms in total. The van der Waals surface area contributed by atoms with E-state index in [-0.39, 0.29) is 18.1 Å². The number of carbonyl (C=O) groups is 2. The maximum absolute atomic E-state index is 11.9. The number of amides is 1. The SMILES string of the molecule is C=C(C(=O)OCC)c1ccc2ccccc2c1NC(C)=O. The van der Waals surface area contributed by atoms with Gasteiger partial charge in [0.25, 0.3) is 0 Å². The second-order valence-corrected chi connectivity index (χ2v) is 4.59. The van der Waals surface area contributed by atoms with E-state index in [0.717, 1.165) is 10.8 Å². The van der Waals surface area contributed by atoms with Crippen molar-refractivity contribution >= 4 is 33.9 Å². The smallest absolute Gasteiger partial charge is 0.338 e. The number of nitrogens with one attached hydrogen (secondary N) is 1. The molecule has 4 heteroatoms. The Labute approximate surface area is 123 Å². The number of ether oxygens (including phenoxy) is 1. The number of carbonyl (C=O) groups excluding carboxylic acids is 2. The van der Waals surface area contributed by atoms with Gasteiger partial charge in [-0.3, -0.25) is 4.79 Å². The van der Waals surface area contributed by atoms with Crippen LogP contribution in [0.15, 0.2) is 43.0 Å². The predicted octanol–water partition coefficient (Wildman–Crippen LogP) is 3.37. The first-order valence-electron chi connectivity index (χ1n) is 6.70. The van der Waals surface area contributed by atoms with Crippen molar-refractivity contribution in [1.29, 1.82) is 0 Å². The third kappa shape index (κ3) is 3.11. The quantitative estimate of drug-likeness (QED) is 0.691. The van der Waals surface area contributed by atoms with Gasteiger partial charge >= 0.3 is 5.97 Å². The van der Waals surface area contributed by atoms with Crippen LogP contribution in [0.5, 0.6) is 0 Å². The minimum atomic E-state index is -0.487. The van der Waals surface area contributed by atoms with Crippen LogP contribution < -0.4 is 5.32 Å². The van der Waals surface area contributed by atoms with E-state index in [1.54, 1.807) is 13.0 Å². The molecule has 0 unspecified atom stereocenters. The lowest BCUT2D eigenvalue weighted by Crippen LogP contribution is -2.12. The van der Waals surface area contributed by atoms with Gasteiger partial charge in [-0.15, -0.1) is 0 Å². The van der Waals surface area contributed by atoms with E-state index >= 15 is 0 Å². The van der Waals surface area contributed by atoms with Crippen LogP contribution in [0.3, 0.4) is 0 Å². The molecule has 2 rings (SSSR count). The fraction of sp³-hybridized carbons (Fsp3) is 0.176. The molecule has 1 N–H and O–H groups in total. The molecule has 0 saturated heterocycles. The van der Waals surface area contributed by atoms with E-state index in [0.29, 0.717) is 11.3 Å². The molecule has 0 atom stereocenters. The number of rotatable bonds is 4. The Kier molecular flexibility index (Phi) is 4.38. The van der Waals surface area contributed by atoms with E-state index in [1.807, 2.05) is 30.3 Å². The molecule has 108 valence electrons. The third-order valence-corrected chi connectivity index (χ3v) is 3.08. The van der Waals surface area contributed by atoms with Gasteiger partial charge < -0.3 is 10.1 Å². The Morgan fingerprint density at radius 2 is 1.90 bits per heavy atom. The Balaban J connectivity index is 2.59. The van der Waals surface area contributed by atoms with Crippen molar-refractivity contribution in [1.82, 2.24) is 0 Å². The Morgan fingerprint density at radius 1 is 1.19 bits per heavy atom. The van der Waals surface area contributed by atoms with Crippen molar-refractivity contribution in [3.05, 3.63) is 48.5 Å². The topological polar surface area (TPSA) is 55.4 Å². The van der Waals surface area contributed by atoms with E-state index < -0.39 is 5.97 Å². The zero-order valence-electron chi connectivity index (χ0n) is 12.1. The molecule has 0 radical (unpaired) electrons. The van der Waals surface area contributed by atoms with Gasteiger partial charge in [-0.05, 0) is 12.3 Å². The van der Waals surface area contributed by atoms with Gasteiger partial charge in [-0.2, -0.15) is 0 Å². The largest absolute Gasteiger partial charge is 0.462 e. The van der Waals surface area contributed by atoms with Gasteiger partial charge in [0.1, 0.15) is 0 Å². The highest BCUT2D eigenvalue weighted by atomic mass is 16.5. The maximum atomic E-state index is 11.9. The van der Waals surface area contributed by atoms with E-state index in [1.165, 1.54) is 6.92 Å². The number of hydrogen-bond acceptors (Lipinski definition) is 3. The molecule has 21 heavy (non-hydrogen) atoms. The normalized spacial score (nSPS) is 10.2. The monoisotopic (exact) mass is 283 g/mol. The first-order valence-corrected chi connectivity index (χ1v) is 6.70.